The molecule has 1 aliphatic rings. The molecule has 0 unspecified atom stereocenters. The molecular formula is C11H16BrN3O2. The third-order valence-corrected chi connectivity index (χ3v) is 3.81. The molecule has 1 aromatic rings. The van der Waals surface area contributed by atoms with E-state index in [-0.39, 0.29) is 5.69 Å². The average Bonchev–Trinajstić information content (AvgIpc) is 2.90. The summed E-state index contributed by atoms with van der Waals surface area (Å²) in [5.74, 6) is 0.0859. The van der Waals surface area contributed by atoms with Crippen LogP contribution in [0.15, 0.2) is 4.47 Å². The van der Waals surface area contributed by atoms with Crippen molar-refractivity contribution in [3.63, 3.8) is 0 Å². The first-order valence-electron chi connectivity index (χ1n) is 5.85. The summed E-state index contributed by atoms with van der Waals surface area (Å²) in [5.41, 5.74) is 6.24. The topological polar surface area (TPSA) is 70.1 Å². The number of nitrogens with zero attached hydrogens (tertiary/aromatic N) is 2. The van der Waals surface area contributed by atoms with Gasteiger partial charge in [0.05, 0.1) is 17.1 Å². The molecule has 0 saturated heterocycles. The number of hydrogen-bond donors (Lipinski definition) is 1. The first kappa shape index (κ1) is 12.4. The SMILES string of the molecule is CCOC(=O)c1nn(C2CCCC2)c(N)c1Br. The molecule has 1 heterocycles. The minimum absolute atomic E-state index is 0.274. The van der Waals surface area contributed by atoms with Gasteiger partial charge in [-0.2, -0.15) is 5.10 Å². The number of anilines is 1. The molecule has 1 fully saturated rings. The van der Waals surface area contributed by atoms with Crippen molar-refractivity contribution in [3.05, 3.63) is 10.2 Å². The summed E-state index contributed by atoms with van der Waals surface area (Å²) in [5, 5.41) is 4.28. The van der Waals surface area contributed by atoms with Gasteiger partial charge in [-0.1, -0.05) is 12.8 Å². The predicted octanol–water partition coefficient (Wildman–Crippen LogP) is 2.52. The molecule has 0 spiro atoms. The first-order valence-corrected chi connectivity index (χ1v) is 6.65. The van der Waals surface area contributed by atoms with Crippen molar-refractivity contribution in [2.24, 2.45) is 0 Å². The van der Waals surface area contributed by atoms with Crippen LogP contribution in [0.25, 0.3) is 0 Å². The van der Waals surface area contributed by atoms with Gasteiger partial charge in [0.1, 0.15) is 5.82 Å². The average molecular weight is 302 g/mol. The lowest BCUT2D eigenvalue weighted by Crippen LogP contribution is -2.11. The van der Waals surface area contributed by atoms with E-state index in [1.807, 2.05) is 0 Å². The molecule has 1 aromatic heterocycles. The fourth-order valence-corrected chi connectivity index (χ4v) is 2.61. The minimum atomic E-state index is -0.428. The molecule has 2 N–H and O–H groups in total. The van der Waals surface area contributed by atoms with Crippen LogP contribution in [0.2, 0.25) is 0 Å². The Morgan fingerprint density at radius 1 is 1.59 bits per heavy atom. The maximum atomic E-state index is 11.7. The van der Waals surface area contributed by atoms with Crippen LogP contribution in [0.5, 0.6) is 0 Å². The molecule has 0 aromatic carbocycles. The van der Waals surface area contributed by atoms with Crippen LogP contribution in [-0.4, -0.2) is 22.4 Å². The highest BCUT2D eigenvalue weighted by Crippen LogP contribution is 2.34. The van der Waals surface area contributed by atoms with Crippen molar-refractivity contribution in [2.45, 2.75) is 38.6 Å². The number of ether oxygens (including phenoxy) is 1. The summed E-state index contributed by atoms with van der Waals surface area (Å²) in [6.07, 6.45) is 4.52. The molecule has 17 heavy (non-hydrogen) atoms. The van der Waals surface area contributed by atoms with Gasteiger partial charge < -0.3 is 10.5 Å². The van der Waals surface area contributed by atoms with Crippen LogP contribution < -0.4 is 5.73 Å². The second-order valence-corrected chi connectivity index (χ2v) is 4.94. The molecule has 0 bridgehead atoms. The summed E-state index contributed by atoms with van der Waals surface area (Å²) >= 11 is 3.31. The molecule has 0 aliphatic heterocycles. The summed E-state index contributed by atoms with van der Waals surface area (Å²) in [4.78, 5) is 11.7. The lowest BCUT2D eigenvalue weighted by atomic mass is 10.2. The van der Waals surface area contributed by atoms with E-state index in [4.69, 9.17) is 10.5 Å². The number of rotatable bonds is 3. The lowest BCUT2D eigenvalue weighted by molar-refractivity contribution is 0.0517. The third-order valence-electron chi connectivity index (χ3n) is 3.03. The zero-order valence-electron chi connectivity index (χ0n) is 9.78. The summed E-state index contributed by atoms with van der Waals surface area (Å²) < 4.78 is 7.24. The lowest BCUT2D eigenvalue weighted by Gasteiger charge is -2.11. The molecule has 0 atom stereocenters. The van der Waals surface area contributed by atoms with Crippen LogP contribution in [0.4, 0.5) is 5.82 Å². The summed E-state index contributed by atoms with van der Waals surface area (Å²) in [6.45, 7) is 2.10. The fourth-order valence-electron chi connectivity index (χ4n) is 2.18. The molecule has 0 amide bonds. The Kier molecular flexibility index (Phi) is 3.71. The van der Waals surface area contributed by atoms with Gasteiger partial charge in [0.15, 0.2) is 5.69 Å². The number of aromatic nitrogens is 2. The monoisotopic (exact) mass is 301 g/mol. The van der Waals surface area contributed by atoms with Crippen LogP contribution in [-0.2, 0) is 4.74 Å². The van der Waals surface area contributed by atoms with E-state index in [9.17, 15) is 4.79 Å². The number of halogens is 1. The van der Waals surface area contributed by atoms with E-state index < -0.39 is 5.97 Å². The number of carbonyl (C=O) groups excluding carboxylic acids is 1. The normalized spacial score (nSPS) is 16.4. The van der Waals surface area contributed by atoms with Gasteiger partial charge in [0.25, 0.3) is 0 Å². The van der Waals surface area contributed by atoms with Crippen molar-refractivity contribution in [2.75, 3.05) is 12.3 Å². The fraction of sp³-hybridized carbons (Fsp3) is 0.636. The quantitative estimate of drug-likeness (QED) is 0.871. The van der Waals surface area contributed by atoms with E-state index in [0.29, 0.717) is 22.9 Å². The van der Waals surface area contributed by atoms with Gasteiger partial charge in [0.2, 0.25) is 0 Å². The number of carbonyl (C=O) groups is 1. The van der Waals surface area contributed by atoms with E-state index in [1.54, 1.807) is 11.6 Å². The second-order valence-electron chi connectivity index (χ2n) is 4.15. The molecule has 2 rings (SSSR count). The van der Waals surface area contributed by atoms with Crippen molar-refractivity contribution >= 4 is 27.7 Å². The Morgan fingerprint density at radius 2 is 2.24 bits per heavy atom. The van der Waals surface area contributed by atoms with Gasteiger partial charge in [0, 0.05) is 0 Å². The van der Waals surface area contributed by atoms with Gasteiger partial charge >= 0.3 is 5.97 Å². The van der Waals surface area contributed by atoms with Gasteiger partial charge in [-0.15, -0.1) is 0 Å². The van der Waals surface area contributed by atoms with E-state index in [2.05, 4.69) is 21.0 Å². The molecule has 5 nitrogen and oxygen atoms in total. The van der Waals surface area contributed by atoms with Crippen molar-refractivity contribution < 1.29 is 9.53 Å². The summed E-state index contributed by atoms with van der Waals surface area (Å²) in [7, 11) is 0. The Labute approximate surface area is 108 Å². The Bertz CT molecular complexity index is 425. The molecule has 94 valence electrons. The highest BCUT2D eigenvalue weighted by Gasteiger charge is 2.26. The highest BCUT2D eigenvalue weighted by molar-refractivity contribution is 9.10. The smallest absolute Gasteiger partial charge is 0.360 e. The Morgan fingerprint density at radius 3 is 2.82 bits per heavy atom. The van der Waals surface area contributed by atoms with E-state index >= 15 is 0 Å². The molecule has 1 aliphatic carbocycles. The van der Waals surface area contributed by atoms with E-state index in [1.165, 1.54) is 12.8 Å². The van der Waals surface area contributed by atoms with E-state index in [0.717, 1.165) is 12.8 Å². The number of esters is 1. The summed E-state index contributed by atoms with van der Waals surface area (Å²) in [6, 6.07) is 0.314. The standard InChI is InChI=1S/C11H16BrN3O2/c1-2-17-11(16)9-8(12)10(13)15(14-9)7-5-3-4-6-7/h7H,2-6,13H2,1H3. The minimum Gasteiger partial charge on any atom is -0.461 e. The second kappa shape index (κ2) is 5.08. The number of nitrogens with two attached hydrogens (primary N) is 1. The van der Waals surface area contributed by atoms with Crippen LogP contribution >= 0.6 is 15.9 Å². The molecule has 6 heteroatoms. The van der Waals surface area contributed by atoms with Crippen LogP contribution in [0, 0.1) is 0 Å². The molecule has 0 radical (unpaired) electrons. The first-order chi connectivity index (χ1) is 8.15. The highest BCUT2D eigenvalue weighted by atomic mass is 79.9. The zero-order chi connectivity index (χ0) is 12.4. The maximum absolute atomic E-state index is 11.7. The zero-order valence-corrected chi connectivity index (χ0v) is 11.4. The maximum Gasteiger partial charge on any atom is 0.360 e. The van der Waals surface area contributed by atoms with Crippen molar-refractivity contribution in [1.82, 2.24) is 9.78 Å². The Balaban J connectivity index is 2.29. The van der Waals surface area contributed by atoms with Crippen LogP contribution in [0.1, 0.15) is 49.1 Å². The predicted molar refractivity (Wildman–Crippen MR) is 67.8 cm³/mol. The van der Waals surface area contributed by atoms with Gasteiger partial charge in [-0.05, 0) is 35.7 Å². The van der Waals surface area contributed by atoms with Crippen molar-refractivity contribution in [3.8, 4) is 0 Å². The third kappa shape index (κ3) is 2.31. The largest absolute Gasteiger partial charge is 0.461 e. The molecular weight excluding hydrogens is 286 g/mol. The van der Waals surface area contributed by atoms with Crippen molar-refractivity contribution in [1.29, 1.82) is 0 Å². The number of hydrogen-bond acceptors (Lipinski definition) is 4. The van der Waals surface area contributed by atoms with Gasteiger partial charge in [-0.3, -0.25) is 0 Å². The Hall–Kier alpha value is -1.04. The number of nitrogen functional groups attached to an aromatic ring is 1. The van der Waals surface area contributed by atoms with Gasteiger partial charge in [-0.25, -0.2) is 9.48 Å². The molecule has 1 saturated carbocycles. The van der Waals surface area contributed by atoms with Crippen LogP contribution in [0.3, 0.4) is 0 Å².